The summed E-state index contributed by atoms with van der Waals surface area (Å²) in [5.41, 5.74) is 2.22. The first-order valence-electron chi connectivity index (χ1n) is 10.7. The summed E-state index contributed by atoms with van der Waals surface area (Å²) in [6.07, 6.45) is 2.08. The standard InChI is InChI=1S/C23H25FN6O2/c1-2-28-13-14-30(22(31)11-12-29-16-25-26-27-29)21(23(28)32)15-17-7-9-18(10-8-17)19-5-3-4-6-20(19)24/h3-10,16,21H,2,11-15H2,1H3/t21-/m1/s1. The van der Waals surface area contributed by atoms with E-state index in [2.05, 4.69) is 15.5 Å². The molecular weight excluding hydrogens is 411 g/mol. The lowest BCUT2D eigenvalue weighted by atomic mass is 9.97. The van der Waals surface area contributed by atoms with E-state index < -0.39 is 6.04 Å². The average Bonchev–Trinajstić information content (AvgIpc) is 3.33. The zero-order valence-electron chi connectivity index (χ0n) is 17.9. The fraction of sp³-hybridized carbons (Fsp3) is 0.348. The molecule has 2 aromatic carbocycles. The van der Waals surface area contributed by atoms with Gasteiger partial charge in [-0.05, 0) is 34.5 Å². The molecule has 1 aromatic heterocycles. The van der Waals surface area contributed by atoms with E-state index in [1.807, 2.05) is 31.2 Å². The van der Waals surface area contributed by atoms with E-state index in [1.165, 1.54) is 17.1 Å². The molecule has 0 saturated carbocycles. The largest absolute Gasteiger partial charge is 0.339 e. The highest BCUT2D eigenvalue weighted by Crippen LogP contribution is 2.24. The van der Waals surface area contributed by atoms with Crippen molar-refractivity contribution >= 4 is 11.8 Å². The Morgan fingerprint density at radius 1 is 1.12 bits per heavy atom. The molecule has 4 rings (SSSR count). The lowest BCUT2D eigenvalue weighted by Gasteiger charge is -2.40. The molecule has 9 heteroatoms. The van der Waals surface area contributed by atoms with Crippen LogP contribution in [0.4, 0.5) is 4.39 Å². The summed E-state index contributed by atoms with van der Waals surface area (Å²) in [4.78, 5) is 29.5. The van der Waals surface area contributed by atoms with Gasteiger partial charge in [0.2, 0.25) is 11.8 Å². The third-order valence-electron chi connectivity index (χ3n) is 5.80. The molecule has 8 nitrogen and oxygen atoms in total. The molecule has 0 aliphatic carbocycles. The average molecular weight is 436 g/mol. The van der Waals surface area contributed by atoms with Crippen LogP contribution in [0.1, 0.15) is 18.9 Å². The third kappa shape index (κ3) is 4.66. The molecule has 0 radical (unpaired) electrons. The van der Waals surface area contributed by atoms with Crippen molar-refractivity contribution in [2.24, 2.45) is 0 Å². The van der Waals surface area contributed by atoms with E-state index in [9.17, 15) is 14.0 Å². The number of piperazine rings is 1. The van der Waals surface area contributed by atoms with Crippen LogP contribution in [0.25, 0.3) is 11.1 Å². The van der Waals surface area contributed by atoms with E-state index in [4.69, 9.17) is 0 Å². The highest BCUT2D eigenvalue weighted by atomic mass is 19.1. The number of amides is 2. The number of tetrazole rings is 1. The molecular formula is C23H25FN6O2. The van der Waals surface area contributed by atoms with Gasteiger partial charge in [-0.1, -0.05) is 42.5 Å². The molecule has 0 unspecified atom stereocenters. The Morgan fingerprint density at radius 2 is 1.91 bits per heavy atom. The van der Waals surface area contributed by atoms with Crippen LogP contribution in [0, 0.1) is 5.82 Å². The summed E-state index contributed by atoms with van der Waals surface area (Å²) in [5.74, 6) is -0.425. The number of nitrogens with zero attached hydrogens (tertiary/aromatic N) is 6. The van der Waals surface area contributed by atoms with Crippen molar-refractivity contribution in [3.63, 3.8) is 0 Å². The maximum atomic E-state index is 14.1. The number of hydrogen-bond acceptors (Lipinski definition) is 5. The summed E-state index contributed by atoms with van der Waals surface area (Å²) in [5, 5.41) is 10.9. The van der Waals surface area contributed by atoms with Gasteiger partial charge < -0.3 is 9.80 Å². The van der Waals surface area contributed by atoms with Gasteiger partial charge in [-0.2, -0.15) is 0 Å². The number of benzene rings is 2. The van der Waals surface area contributed by atoms with Gasteiger partial charge in [-0.25, -0.2) is 9.07 Å². The van der Waals surface area contributed by atoms with Gasteiger partial charge in [0.05, 0.1) is 6.54 Å². The Morgan fingerprint density at radius 3 is 2.59 bits per heavy atom. The Labute approximate surface area is 185 Å². The highest BCUT2D eigenvalue weighted by molar-refractivity contribution is 5.89. The monoisotopic (exact) mass is 436 g/mol. The highest BCUT2D eigenvalue weighted by Gasteiger charge is 2.36. The topological polar surface area (TPSA) is 84.2 Å². The zero-order valence-corrected chi connectivity index (χ0v) is 17.9. The number of aromatic nitrogens is 4. The molecule has 1 aliphatic heterocycles. The van der Waals surface area contributed by atoms with Gasteiger partial charge in [0.25, 0.3) is 0 Å². The summed E-state index contributed by atoms with van der Waals surface area (Å²) >= 11 is 0. The minimum absolute atomic E-state index is 0.0484. The number of carbonyl (C=O) groups excluding carboxylic acids is 2. The second-order valence-corrected chi connectivity index (χ2v) is 7.72. The fourth-order valence-electron chi connectivity index (χ4n) is 4.02. The molecule has 2 heterocycles. The maximum Gasteiger partial charge on any atom is 0.245 e. The molecule has 2 amide bonds. The Kier molecular flexibility index (Phi) is 6.53. The van der Waals surface area contributed by atoms with Crippen LogP contribution in [0.5, 0.6) is 0 Å². The van der Waals surface area contributed by atoms with Crippen LogP contribution in [0.2, 0.25) is 0 Å². The lowest BCUT2D eigenvalue weighted by molar-refractivity contribution is -0.151. The van der Waals surface area contributed by atoms with Gasteiger partial charge in [0.1, 0.15) is 18.2 Å². The first kappa shape index (κ1) is 21.6. The number of carbonyl (C=O) groups is 2. The number of aryl methyl sites for hydroxylation is 1. The Hall–Kier alpha value is -3.62. The first-order chi connectivity index (χ1) is 15.6. The van der Waals surface area contributed by atoms with Crippen molar-refractivity contribution < 1.29 is 14.0 Å². The third-order valence-corrected chi connectivity index (χ3v) is 5.80. The SMILES string of the molecule is CCN1CCN(C(=O)CCn2cnnn2)[C@H](Cc2ccc(-c3ccccc3F)cc2)C1=O. The van der Waals surface area contributed by atoms with E-state index in [-0.39, 0.29) is 24.1 Å². The normalized spacial score (nSPS) is 16.4. The van der Waals surface area contributed by atoms with E-state index in [0.29, 0.717) is 38.2 Å². The van der Waals surface area contributed by atoms with Crippen molar-refractivity contribution in [1.29, 1.82) is 0 Å². The molecule has 1 fully saturated rings. The van der Waals surface area contributed by atoms with E-state index in [0.717, 1.165) is 11.1 Å². The number of halogens is 1. The molecule has 1 aliphatic rings. The minimum Gasteiger partial charge on any atom is -0.339 e. The van der Waals surface area contributed by atoms with Crippen LogP contribution in [0.15, 0.2) is 54.9 Å². The van der Waals surface area contributed by atoms with Crippen molar-refractivity contribution in [3.8, 4) is 11.1 Å². The minimum atomic E-state index is -0.565. The van der Waals surface area contributed by atoms with Crippen molar-refractivity contribution in [2.45, 2.75) is 32.4 Å². The molecule has 3 aromatic rings. The fourth-order valence-corrected chi connectivity index (χ4v) is 4.02. The van der Waals surface area contributed by atoms with Crippen LogP contribution in [-0.2, 0) is 22.6 Å². The summed E-state index contributed by atoms with van der Waals surface area (Å²) < 4.78 is 15.6. The predicted octanol–water partition coefficient (Wildman–Crippen LogP) is 2.17. The maximum absolute atomic E-state index is 14.1. The van der Waals surface area contributed by atoms with Crippen LogP contribution >= 0.6 is 0 Å². The zero-order chi connectivity index (χ0) is 22.5. The molecule has 1 saturated heterocycles. The number of likely N-dealkylation sites (N-methyl/N-ethyl adjacent to an activating group) is 1. The molecule has 1 atom stereocenters. The van der Waals surface area contributed by atoms with Crippen molar-refractivity contribution in [3.05, 3.63) is 66.2 Å². The Balaban J connectivity index is 1.50. The van der Waals surface area contributed by atoms with E-state index >= 15 is 0 Å². The second-order valence-electron chi connectivity index (χ2n) is 7.72. The second kappa shape index (κ2) is 9.67. The van der Waals surface area contributed by atoms with Crippen LogP contribution in [-0.4, -0.2) is 67.5 Å². The molecule has 0 spiro atoms. The summed E-state index contributed by atoms with van der Waals surface area (Å²) in [6, 6.07) is 13.5. The first-order valence-corrected chi connectivity index (χ1v) is 10.7. The van der Waals surface area contributed by atoms with Crippen molar-refractivity contribution in [1.82, 2.24) is 30.0 Å². The van der Waals surface area contributed by atoms with Gasteiger partial charge in [0.15, 0.2) is 0 Å². The number of hydrogen-bond donors (Lipinski definition) is 0. The molecule has 0 N–H and O–H groups in total. The summed E-state index contributed by atoms with van der Waals surface area (Å²) in [6.45, 7) is 3.92. The Bertz CT molecular complexity index is 1070. The van der Waals surface area contributed by atoms with Gasteiger partial charge in [-0.3, -0.25) is 9.59 Å². The van der Waals surface area contributed by atoms with Gasteiger partial charge in [-0.15, -0.1) is 5.10 Å². The lowest BCUT2D eigenvalue weighted by Crippen LogP contribution is -2.59. The van der Waals surface area contributed by atoms with E-state index in [1.54, 1.807) is 28.0 Å². The van der Waals surface area contributed by atoms with Crippen LogP contribution < -0.4 is 0 Å². The molecule has 166 valence electrons. The van der Waals surface area contributed by atoms with Crippen LogP contribution in [0.3, 0.4) is 0 Å². The van der Waals surface area contributed by atoms with Gasteiger partial charge in [0, 0.05) is 38.0 Å². The van der Waals surface area contributed by atoms with Crippen molar-refractivity contribution in [2.75, 3.05) is 19.6 Å². The smallest absolute Gasteiger partial charge is 0.245 e. The summed E-state index contributed by atoms with van der Waals surface area (Å²) in [7, 11) is 0. The quantitative estimate of drug-likeness (QED) is 0.567. The number of rotatable bonds is 7. The van der Waals surface area contributed by atoms with Gasteiger partial charge >= 0.3 is 0 Å². The molecule has 32 heavy (non-hydrogen) atoms. The predicted molar refractivity (Wildman–Crippen MR) is 116 cm³/mol. The molecule has 0 bridgehead atoms.